The van der Waals surface area contributed by atoms with Gasteiger partial charge in [-0.3, -0.25) is 4.79 Å². The van der Waals surface area contributed by atoms with Crippen molar-refractivity contribution in [2.24, 2.45) is 5.41 Å². The van der Waals surface area contributed by atoms with E-state index < -0.39 is 0 Å². The van der Waals surface area contributed by atoms with Crippen molar-refractivity contribution in [3.05, 3.63) is 66.2 Å². The summed E-state index contributed by atoms with van der Waals surface area (Å²) in [7, 11) is 1.55. The number of methoxy groups -OCH3 is 1. The van der Waals surface area contributed by atoms with Gasteiger partial charge in [-0.25, -0.2) is 14.6 Å². The minimum Gasteiger partial charge on any atom is -0.495 e. The van der Waals surface area contributed by atoms with Gasteiger partial charge in [0, 0.05) is 36.6 Å². The van der Waals surface area contributed by atoms with Crippen LogP contribution in [0.2, 0.25) is 0 Å². The summed E-state index contributed by atoms with van der Waals surface area (Å²) in [5.41, 5.74) is 3.31. The van der Waals surface area contributed by atoms with Crippen LogP contribution in [-0.4, -0.2) is 80.5 Å². The molecule has 1 spiro atoms. The van der Waals surface area contributed by atoms with Crippen LogP contribution in [-0.2, 0) is 11.3 Å². The standard InChI is InChI=1S/C28H27N9O4/c1-18(12-37-17-32-34-35-37)41-24-7-19(3-4-21(24)9-29)22-10-30-27(31-11-22)33-23-6-5-20(8-25(23)39-2)26(38)36-13-28(14-36)15-40-16-28/h3-8,10-11,17-18H,12-16H2,1-2H3,(H,30,31,33)/t18-/m0/s1. The fourth-order valence-corrected chi connectivity index (χ4v) is 4.93. The number of ether oxygens (including phenoxy) is 3. The molecule has 1 N–H and O–H groups in total. The Morgan fingerprint density at radius 1 is 1.15 bits per heavy atom. The van der Waals surface area contributed by atoms with Crippen LogP contribution >= 0.6 is 0 Å². The third-order valence-electron chi connectivity index (χ3n) is 7.10. The number of benzene rings is 2. The molecule has 13 nitrogen and oxygen atoms in total. The van der Waals surface area contributed by atoms with Crippen LogP contribution in [0, 0.1) is 16.7 Å². The molecule has 208 valence electrons. The number of nitrogens with one attached hydrogen (secondary N) is 1. The molecule has 13 heteroatoms. The van der Waals surface area contributed by atoms with Crippen LogP contribution in [0.25, 0.3) is 11.1 Å². The molecule has 4 aromatic rings. The van der Waals surface area contributed by atoms with Crippen molar-refractivity contribution in [2.45, 2.75) is 19.6 Å². The lowest BCUT2D eigenvalue weighted by Crippen LogP contribution is -2.67. The van der Waals surface area contributed by atoms with Crippen molar-refractivity contribution >= 4 is 17.5 Å². The predicted octanol–water partition coefficient (Wildman–Crippen LogP) is 2.69. The fraction of sp³-hybridized carbons (Fsp3) is 0.321. The van der Waals surface area contributed by atoms with Gasteiger partial charge in [0.15, 0.2) is 0 Å². The quantitative estimate of drug-likeness (QED) is 0.325. The summed E-state index contributed by atoms with van der Waals surface area (Å²) >= 11 is 0. The summed E-state index contributed by atoms with van der Waals surface area (Å²) in [6.45, 7) is 5.20. The molecule has 2 aromatic heterocycles. The molecule has 0 unspecified atom stereocenters. The van der Waals surface area contributed by atoms with E-state index in [0.717, 1.165) is 37.4 Å². The van der Waals surface area contributed by atoms with Crippen molar-refractivity contribution in [3.63, 3.8) is 0 Å². The Morgan fingerprint density at radius 2 is 1.95 bits per heavy atom. The maximum Gasteiger partial charge on any atom is 0.254 e. The topological polar surface area (TPSA) is 153 Å². The SMILES string of the molecule is COc1cc(C(=O)N2CC3(COC3)C2)ccc1Nc1ncc(-c2ccc(C#N)c(O[C@@H](C)Cn3cnnn3)c2)cn1. The van der Waals surface area contributed by atoms with Crippen LogP contribution in [0.5, 0.6) is 11.5 Å². The van der Waals surface area contributed by atoms with Gasteiger partial charge in [0.1, 0.15) is 30.0 Å². The first-order valence-electron chi connectivity index (χ1n) is 13.0. The Hall–Kier alpha value is -5.09. The van der Waals surface area contributed by atoms with Gasteiger partial charge in [-0.2, -0.15) is 5.26 Å². The van der Waals surface area contributed by atoms with Crippen molar-refractivity contribution in [1.82, 2.24) is 35.1 Å². The molecular formula is C28H27N9O4. The van der Waals surface area contributed by atoms with Crippen LogP contribution in [0.1, 0.15) is 22.8 Å². The van der Waals surface area contributed by atoms with Gasteiger partial charge >= 0.3 is 0 Å². The van der Waals surface area contributed by atoms with E-state index in [1.165, 1.54) is 6.33 Å². The number of hydrogen-bond donors (Lipinski definition) is 1. The van der Waals surface area contributed by atoms with Gasteiger partial charge in [0.25, 0.3) is 5.91 Å². The van der Waals surface area contributed by atoms with Crippen molar-refractivity contribution < 1.29 is 19.0 Å². The number of nitrogens with zero attached hydrogens (tertiary/aromatic N) is 8. The van der Waals surface area contributed by atoms with Gasteiger partial charge in [0.05, 0.1) is 43.5 Å². The van der Waals surface area contributed by atoms with Crippen LogP contribution in [0.4, 0.5) is 11.6 Å². The first-order chi connectivity index (χ1) is 19.9. The molecule has 4 heterocycles. The molecule has 2 aliphatic heterocycles. The van der Waals surface area contributed by atoms with E-state index in [1.54, 1.807) is 54.5 Å². The highest BCUT2D eigenvalue weighted by atomic mass is 16.5. The second kappa shape index (κ2) is 10.8. The Balaban J connectivity index is 1.13. The second-order valence-corrected chi connectivity index (χ2v) is 10.3. The van der Waals surface area contributed by atoms with E-state index in [0.29, 0.717) is 40.8 Å². The zero-order valence-electron chi connectivity index (χ0n) is 22.5. The van der Waals surface area contributed by atoms with Crippen molar-refractivity contribution in [3.8, 4) is 28.7 Å². The van der Waals surface area contributed by atoms with E-state index in [4.69, 9.17) is 14.2 Å². The number of carbonyl (C=O) groups is 1. The zero-order valence-corrected chi connectivity index (χ0v) is 22.5. The van der Waals surface area contributed by atoms with E-state index in [2.05, 4.69) is 36.9 Å². The number of likely N-dealkylation sites (tertiary alicyclic amines) is 1. The number of amides is 1. The second-order valence-electron chi connectivity index (χ2n) is 10.3. The molecule has 0 saturated carbocycles. The maximum absolute atomic E-state index is 12.9. The average molecular weight is 554 g/mol. The number of nitriles is 1. The molecule has 1 atom stereocenters. The smallest absolute Gasteiger partial charge is 0.254 e. The molecule has 0 radical (unpaired) electrons. The molecule has 6 rings (SSSR count). The minimum absolute atomic E-state index is 0.0245. The van der Waals surface area contributed by atoms with Gasteiger partial charge in [0.2, 0.25) is 5.95 Å². The first-order valence-corrected chi connectivity index (χ1v) is 13.0. The van der Waals surface area contributed by atoms with Crippen LogP contribution < -0.4 is 14.8 Å². The lowest BCUT2D eigenvalue weighted by molar-refractivity contribution is -0.176. The molecule has 1 amide bonds. The van der Waals surface area contributed by atoms with E-state index in [-0.39, 0.29) is 17.4 Å². The Kier molecular flexibility index (Phi) is 6.90. The van der Waals surface area contributed by atoms with Crippen LogP contribution in [0.15, 0.2) is 55.1 Å². The normalized spacial score (nSPS) is 15.8. The number of tetrazole rings is 1. The Labute approximate surface area is 235 Å². The average Bonchev–Trinajstić information content (AvgIpc) is 3.45. The monoisotopic (exact) mass is 553 g/mol. The Morgan fingerprint density at radius 3 is 2.61 bits per heavy atom. The summed E-state index contributed by atoms with van der Waals surface area (Å²) < 4.78 is 18.4. The molecule has 41 heavy (non-hydrogen) atoms. The molecule has 2 aliphatic rings. The van der Waals surface area contributed by atoms with Gasteiger partial charge in [-0.05, 0) is 53.2 Å². The largest absolute Gasteiger partial charge is 0.495 e. The summed E-state index contributed by atoms with van der Waals surface area (Å²) in [6.07, 6.45) is 4.59. The fourth-order valence-electron chi connectivity index (χ4n) is 4.93. The first kappa shape index (κ1) is 26.1. The molecule has 2 saturated heterocycles. The number of aromatic nitrogens is 6. The number of rotatable bonds is 9. The highest BCUT2D eigenvalue weighted by molar-refractivity contribution is 5.96. The maximum atomic E-state index is 12.9. The lowest BCUT2D eigenvalue weighted by atomic mass is 9.78. The van der Waals surface area contributed by atoms with Crippen molar-refractivity contribution in [2.75, 3.05) is 38.7 Å². The Bertz CT molecular complexity index is 1590. The van der Waals surface area contributed by atoms with Crippen LogP contribution in [0.3, 0.4) is 0 Å². The highest BCUT2D eigenvalue weighted by Crippen LogP contribution is 2.39. The summed E-state index contributed by atoms with van der Waals surface area (Å²) in [4.78, 5) is 23.6. The molecule has 2 aromatic carbocycles. The van der Waals surface area contributed by atoms with Gasteiger partial charge in [-0.1, -0.05) is 6.07 Å². The lowest BCUT2D eigenvalue weighted by Gasteiger charge is -2.54. The summed E-state index contributed by atoms with van der Waals surface area (Å²) in [6, 6.07) is 12.7. The molecule has 0 aliphatic carbocycles. The highest BCUT2D eigenvalue weighted by Gasteiger charge is 2.50. The van der Waals surface area contributed by atoms with Crippen molar-refractivity contribution in [1.29, 1.82) is 5.26 Å². The van der Waals surface area contributed by atoms with Gasteiger partial charge < -0.3 is 24.4 Å². The summed E-state index contributed by atoms with van der Waals surface area (Å²) in [5, 5.41) is 23.8. The van der Waals surface area contributed by atoms with E-state index in [9.17, 15) is 10.1 Å². The molecule has 0 bridgehead atoms. The molecular weight excluding hydrogens is 526 g/mol. The minimum atomic E-state index is -0.278. The van der Waals surface area contributed by atoms with E-state index in [1.807, 2.05) is 17.9 Å². The summed E-state index contributed by atoms with van der Waals surface area (Å²) in [5.74, 6) is 1.29. The third kappa shape index (κ3) is 5.37. The number of hydrogen-bond acceptors (Lipinski definition) is 11. The van der Waals surface area contributed by atoms with E-state index >= 15 is 0 Å². The molecule has 2 fully saturated rings. The number of carbonyl (C=O) groups excluding carboxylic acids is 1. The zero-order chi connectivity index (χ0) is 28.4. The van der Waals surface area contributed by atoms with Gasteiger partial charge in [-0.15, -0.1) is 5.10 Å². The predicted molar refractivity (Wildman–Crippen MR) is 146 cm³/mol. The number of anilines is 2. The third-order valence-corrected chi connectivity index (χ3v) is 7.10.